The van der Waals surface area contributed by atoms with E-state index >= 15 is 0 Å². The quantitative estimate of drug-likeness (QED) is 0.385. The minimum Gasteiger partial charge on any atom is -0.472 e. The van der Waals surface area contributed by atoms with E-state index in [0.717, 1.165) is 11.1 Å². The summed E-state index contributed by atoms with van der Waals surface area (Å²) in [5.41, 5.74) is 2.20. The maximum Gasteiger partial charge on any atom is 0.192 e. The van der Waals surface area contributed by atoms with E-state index in [1.165, 1.54) is 0 Å². The molecule has 1 aromatic rings. The summed E-state index contributed by atoms with van der Waals surface area (Å²) >= 11 is 20.8. The number of alkyl halides is 6. The second-order valence-corrected chi connectivity index (χ2v) is 17.9. The van der Waals surface area contributed by atoms with Crippen molar-refractivity contribution >= 4 is 107 Å². The van der Waals surface area contributed by atoms with Crippen LogP contribution >= 0.6 is 95.6 Å². The Morgan fingerprint density at radius 2 is 1.59 bits per heavy atom. The van der Waals surface area contributed by atoms with Crippen molar-refractivity contribution in [2.45, 2.75) is 17.6 Å². The van der Waals surface area contributed by atoms with Crippen LogP contribution in [0.15, 0.2) is 38.8 Å². The Balaban J connectivity index is 2.33. The molecule has 0 fully saturated rings. The number of aryl methyl sites for hydroxylation is 1. The summed E-state index contributed by atoms with van der Waals surface area (Å²) in [7, 11) is 0. The molecule has 0 unspecified atom stereocenters. The van der Waals surface area contributed by atoms with Crippen molar-refractivity contribution in [3.8, 4) is 0 Å². The summed E-state index contributed by atoms with van der Waals surface area (Å²) in [6.45, 7) is 2.00. The molecule has 0 aliphatic carbocycles. The first-order valence-corrected chi connectivity index (χ1v) is 10.6. The van der Waals surface area contributed by atoms with Crippen molar-refractivity contribution in [3.63, 3.8) is 0 Å². The maximum absolute atomic E-state index is 5.18. The summed E-state index contributed by atoms with van der Waals surface area (Å²) < 4.78 is 3.84. The van der Waals surface area contributed by atoms with E-state index in [0.29, 0.717) is 23.9 Å². The van der Waals surface area contributed by atoms with Gasteiger partial charge in [-0.25, -0.2) is 9.98 Å². The van der Waals surface area contributed by atoms with E-state index in [2.05, 4.69) is 111 Å². The standard InChI is InChI=1S/C12H9Br6N3O/c1-6-4-22-5-7(6)2-3-8-19-9(11(13,14)15)21-10(20-8)12(16,17)18/h3-5H,2H2,1H3,(H,19,20,21). The van der Waals surface area contributed by atoms with Crippen molar-refractivity contribution in [3.05, 3.63) is 35.6 Å². The lowest BCUT2D eigenvalue weighted by atomic mass is 10.1. The second-order valence-electron chi connectivity index (χ2n) is 4.39. The van der Waals surface area contributed by atoms with Gasteiger partial charge in [0.15, 0.2) is 10.1 Å². The third-order valence-corrected chi connectivity index (χ3v) is 4.95. The molecule has 22 heavy (non-hydrogen) atoms. The first kappa shape index (κ1) is 19.4. The van der Waals surface area contributed by atoms with Crippen LogP contribution in [0.5, 0.6) is 0 Å². The van der Waals surface area contributed by atoms with E-state index < -0.39 is 4.29 Å². The first-order valence-electron chi connectivity index (χ1n) is 5.88. The third kappa shape index (κ3) is 5.27. The molecule has 0 spiro atoms. The van der Waals surface area contributed by atoms with Gasteiger partial charge >= 0.3 is 0 Å². The van der Waals surface area contributed by atoms with Gasteiger partial charge in [0.2, 0.25) is 0 Å². The van der Waals surface area contributed by atoms with Crippen LogP contribution in [0.25, 0.3) is 0 Å². The highest BCUT2D eigenvalue weighted by atomic mass is 80.0. The number of rotatable bonds is 2. The maximum atomic E-state index is 5.18. The number of nitrogens with one attached hydrogen (secondary N) is 1. The Morgan fingerprint density at radius 1 is 1.05 bits per heavy atom. The van der Waals surface area contributed by atoms with Crippen LogP contribution in [0.3, 0.4) is 0 Å². The number of hydrogen-bond donors (Lipinski definition) is 1. The van der Waals surface area contributed by atoms with Gasteiger partial charge < -0.3 is 9.73 Å². The summed E-state index contributed by atoms with van der Waals surface area (Å²) in [5, 5.41) is 3.13. The van der Waals surface area contributed by atoms with E-state index in [1.54, 1.807) is 12.5 Å². The van der Waals surface area contributed by atoms with Crippen molar-refractivity contribution < 1.29 is 4.42 Å². The van der Waals surface area contributed by atoms with Crippen LogP contribution in [0.1, 0.15) is 11.1 Å². The smallest absolute Gasteiger partial charge is 0.192 e. The monoisotopic (exact) mass is 685 g/mol. The number of hydrogen-bond acceptors (Lipinski definition) is 4. The van der Waals surface area contributed by atoms with Crippen LogP contribution in [-0.2, 0) is 6.42 Å². The molecule has 0 aromatic carbocycles. The lowest BCUT2D eigenvalue weighted by Gasteiger charge is -2.26. The molecule has 1 aromatic heterocycles. The Kier molecular flexibility index (Phi) is 6.61. The fourth-order valence-electron chi connectivity index (χ4n) is 1.58. The van der Waals surface area contributed by atoms with Crippen LogP contribution in [0, 0.1) is 6.92 Å². The fourth-order valence-corrected chi connectivity index (χ4v) is 2.71. The van der Waals surface area contributed by atoms with Gasteiger partial charge in [-0.05, 0) is 30.5 Å². The zero-order chi connectivity index (χ0) is 16.5. The average Bonchev–Trinajstić information content (AvgIpc) is 2.79. The summed E-state index contributed by atoms with van der Waals surface area (Å²) in [6.07, 6.45) is 6.08. The number of allylic oxidation sites excluding steroid dienone is 1. The molecule has 1 N–H and O–H groups in total. The molecule has 0 radical (unpaired) electrons. The normalized spacial score (nSPS) is 16.0. The SMILES string of the molecule is Cc1cocc1CC=C1N=C(C(Br)(Br)Br)NC(C(Br)(Br)Br)=N1. The van der Waals surface area contributed by atoms with E-state index in [-0.39, 0.29) is 0 Å². The predicted molar refractivity (Wildman–Crippen MR) is 112 cm³/mol. The molecule has 120 valence electrons. The number of aliphatic imine (C=N–C) groups is 2. The Hall–Kier alpha value is 1.04. The summed E-state index contributed by atoms with van der Waals surface area (Å²) in [4.78, 5) is 8.98. The predicted octanol–water partition coefficient (Wildman–Crippen LogP) is 6.05. The van der Waals surface area contributed by atoms with Gasteiger partial charge in [0, 0.05) is 0 Å². The van der Waals surface area contributed by atoms with Crippen molar-refractivity contribution in [1.29, 1.82) is 0 Å². The molecule has 2 heterocycles. The zero-order valence-corrected chi connectivity index (χ0v) is 20.5. The van der Waals surface area contributed by atoms with Gasteiger partial charge in [-0.3, -0.25) is 0 Å². The van der Waals surface area contributed by atoms with Gasteiger partial charge in [-0.1, -0.05) is 95.6 Å². The van der Waals surface area contributed by atoms with Gasteiger partial charge in [0.05, 0.1) is 12.5 Å². The van der Waals surface area contributed by atoms with Gasteiger partial charge in [0.1, 0.15) is 11.7 Å². The van der Waals surface area contributed by atoms with Crippen molar-refractivity contribution in [2.75, 3.05) is 0 Å². The first-order chi connectivity index (χ1) is 10.1. The highest BCUT2D eigenvalue weighted by molar-refractivity contribution is 9.40. The molecular formula is C12H9Br6N3O. The molecule has 0 amide bonds. The van der Waals surface area contributed by atoms with E-state index in [4.69, 9.17) is 4.42 Å². The lowest BCUT2D eigenvalue weighted by Crippen LogP contribution is -2.45. The van der Waals surface area contributed by atoms with Gasteiger partial charge in [0.25, 0.3) is 0 Å². The highest BCUT2D eigenvalue weighted by Crippen LogP contribution is 2.39. The van der Waals surface area contributed by atoms with Gasteiger partial charge in [-0.2, -0.15) is 0 Å². The lowest BCUT2D eigenvalue weighted by molar-refractivity contribution is 0.563. The average molecular weight is 691 g/mol. The molecule has 10 heteroatoms. The Morgan fingerprint density at radius 3 is 2.00 bits per heavy atom. The molecule has 0 saturated heterocycles. The van der Waals surface area contributed by atoms with Crippen molar-refractivity contribution in [2.24, 2.45) is 9.98 Å². The van der Waals surface area contributed by atoms with Crippen LogP contribution in [-0.4, -0.2) is 16.0 Å². The number of amidine groups is 2. The largest absolute Gasteiger partial charge is 0.472 e. The fraction of sp³-hybridized carbons (Fsp3) is 0.333. The van der Waals surface area contributed by atoms with Crippen LogP contribution in [0.4, 0.5) is 0 Å². The number of furan rings is 1. The third-order valence-electron chi connectivity index (χ3n) is 2.69. The van der Waals surface area contributed by atoms with Crippen LogP contribution < -0.4 is 5.32 Å². The Bertz CT molecular complexity index is 619. The van der Waals surface area contributed by atoms with Gasteiger partial charge in [-0.15, -0.1) is 0 Å². The molecule has 0 atom stereocenters. The molecule has 0 bridgehead atoms. The molecule has 1 aliphatic heterocycles. The summed E-state index contributed by atoms with van der Waals surface area (Å²) in [6, 6.07) is 0. The van der Waals surface area contributed by atoms with Crippen molar-refractivity contribution in [1.82, 2.24) is 5.32 Å². The number of nitrogens with zero attached hydrogens (tertiary/aromatic N) is 2. The van der Waals surface area contributed by atoms with Crippen LogP contribution in [0.2, 0.25) is 0 Å². The molecule has 2 rings (SSSR count). The minimum atomic E-state index is -0.670. The number of halogens is 6. The second kappa shape index (κ2) is 7.51. The minimum absolute atomic E-state index is 0.592. The topological polar surface area (TPSA) is 49.9 Å². The molecule has 4 nitrogen and oxygen atoms in total. The molecular weight excluding hydrogens is 682 g/mol. The highest BCUT2D eigenvalue weighted by Gasteiger charge is 2.35. The summed E-state index contributed by atoms with van der Waals surface area (Å²) in [5.74, 6) is 1.83. The Labute approximate surface area is 178 Å². The zero-order valence-electron chi connectivity index (χ0n) is 11.0. The molecule has 0 saturated carbocycles. The molecule has 1 aliphatic rings. The van der Waals surface area contributed by atoms with E-state index in [1.807, 2.05) is 13.0 Å². The van der Waals surface area contributed by atoms with E-state index in [9.17, 15) is 0 Å².